The predicted octanol–water partition coefficient (Wildman–Crippen LogP) is 13.0. The molecule has 7 nitrogen and oxygen atoms in total. The zero-order chi connectivity index (χ0) is 40.8. The van der Waals surface area contributed by atoms with E-state index in [2.05, 4.69) is 147 Å². The highest BCUT2D eigenvalue weighted by Crippen LogP contribution is 2.36. The molecule has 3 heterocycles. The van der Waals surface area contributed by atoms with Gasteiger partial charge in [0.25, 0.3) is 0 Å². The molecule has 10 rings (SSSR count). The molecular formula is C52H41N7S. The maximum absolute atomic E-state index is 6.26. The van der Waals surface area contributed by atoms with Crippen LogP contribution in [0.2, 0.25) is 0 Å². The van der Waals surface area contributed by atoms with Crippen molar-refractivity contribution in [2.75, 3.05) is 5.73 Å². The van der Waals surface area contributed by atoms with Crippen LogP contribution >= 0.6 is 11.3 Å². The molecule has 0 radical (unpaired) electrons. The second kappa shape index (κ2) is 15.1. The normalized spacial score (nSPS) is 11.7. The number of hydrogen-bond acceptors (Lipinski definition) is 7. The molecule has 3 aromatic heterocycles. The zero-order valence-electron chi connectivity index (χ0n) is 33.5. The largest absolute Gasteiger partial charge is 0.399 e. The molecule has 0 fully saturated rings. The van der Waals surface area contributed by atoms with Gasteiger partial charge in [-0.15, -0.1) is 11.3 Å². The third kappa shape index (κ3) is 7.33. The van der Waals surface area contributed by atoms with E-state index in [-0.39, 0.29) is 5.41 Å². The van der Waals surface area contributed by atoms with Gasteiger partial charge in [0.1, 0.15) is 10.8 Å². The molecule has 290 valence electrons. The number of fused-ring (bicyclic) bond motifs is 2. The summed E-state index contributed by atoms with van der Waals surface area (Å²) in [4.78, 5) is 25.1. The van der Waals surface area contributed by atoms with Gasteiger partial charge in [-0.05, 0) is 82.3 Å². The lowest BCUT2D eigenvalue weighted by molar-refractivity contribution is 0.399. The predicted molar refractivity (Wildman–Crippen MR) is 248 cm³/mol. The molecule has 0 saturated carbocycles. The minimum atomic E-state index is 0.0969. The Hall–Kier alpha value is -7.29. The number of imidazole rings is 1. The van der Waals surface area contributed by atoms with Crippen LogP contribution in [0.5, 0.6) is 0 Å². The van der Waals surface area contributed by atoms with Gasteiger partial charge in [0.15, 0.2) is 17.5 Å². The van der Waals surface area contributed by atoms with Gasteiger partial charge in [-0.1, -0.05) is 136 Å². The van der Waals surface area contributed by atoms with Crippen LogP contribution in [0.15, 0.2) is 170 Å². The van der Waals surface area contributed by atoms with Crippen molar-refractivity contribution in [3.63, 3.8) is 0 Å². The number of benzene rings is 7. The minimum absolute atomic E-state index is 0.0969. The molecular weight excluding hydrogens is 755 g/mol. The third-order valence-corrected chi connectivity index (χ3v) is 11.7. The maximum atomic E-state index is 6.26. The van der Waals surface area contributed by atoms with E-state index in [4.69, 9.17) is 30.7 Å². The van der Waals surface area contributed by atoms with Crippen LogP contribution in [0.4, 0.5) is 5.69 Å². The monoisotopic (exact) mass is 795 g/mol. The number of thiazole rings is 1. The molecule has 2 N–H and O–H groups in total. The van der Waals surface area contributed by atoms with Crippen molar-refractivity contribution in [1.29, 1.82) is 0 Å². The molecule has 60 heavy (non-hydrogen) atoms. The van der Waals surface area contributed by atoms with Crippen LogP contribution in [-0.4, -0.2) is 29.5 Å². The second-order valence-electron chi connectivity index (χ2n) is 16.3. The molecule has 10 aromatic rings. The fraction of sp³-hybridized carbons (Fsp3) is 0.0962. The average molecular weight is 796 g/mol. The van der Waals surface area contributed by atoms with Crippen LogP contribution in [0.3, 0.4) is 0 Å². The van der Waals surface area contributed by atoms with Gasteiger partial charge >= 0.3 is 0 Å². The smallest absolute Gasteiger partial charge is 0.164 e. The highest BCUT2D eigenvalue weighted by atomic mass is 32.1. The van der Waals surface area contributed by atoms with Gasteiger partial charge < -0.3 is 5.73 Å². The summed E-state index contributed by atoms with van der Waals surface area (Å²) in [6, 6.07) is 58.4. The Kier molecular flexibility index (Phi) is 9.34. The van der Waals surface area contributed by atoms with Crippen molar-refractivity contribution in [2.45, 2.75) is 27.2 Å². The van der Waals surface area contributed by atoms with Crippen LogP contribution in [0, 0.1) is 5.41 Å². The fourth-order valence-corrected chi connectivity index (χ4v) is 8.72. The van der Waals surface area contributed by atoms with E-state index in [1.54, 1.807) is 11.3 Å². The summed E-state index contributed by atoms with van der Waals surface area (Å²) in [5, 5.41) is 0.976. The standard InChI is InChI=1S/C52H41N7S/c1-52(2,3)32-47-54-43-18-6-8-20-45(43)59(47)40-28-26-33(27-29-40)36-12-10-13-37(30-36)41-16-4-5-17-42(41)50-57-48(56-49(58-50)38-14-11-15-39(53)31-38)34-22-24-35(25-23-34)51-55-44-19-7-9-21-46(44)60-51/h4-31H,32,53H2,1-3H3. The Morgan fingerprint density at radius 3 is 1.87 bits per heavy atom. The van der Waals surface area contributed by atoms with Crippen LogP contribution in [0.25, 0.3) is 93.9 Å². The summed E-state index contributed by atoms with van der Waals surface area (Å²) in [5.74, 6) is 2.78. The SMILES string of the molecule is CC(C)(C)Cc1nc2ccccc2n1-c1ccc(-c2cccc(-c3ccccc3-c3nc(-c4ccc(-c5nc6ccccc6s5)cc4)nc(-c4cccc(N)c4)n3)c2)cc1. The lowest BCUT2D eigenvalue weighted by Gasteiger charge is -2.19. The number of aromatic nitrogens is 6. The first-order valence-electron chi connectivity index (χ1n) is 20.1. The molecule has 8 heteroatoms. The number of rotatable bonds is 8. The number of nitrogen functional groups attached to an aromatic ring is 1. The molecule has 0 spiro atoms. The Morgan fingerprint density at radius 2 is 1.10 bits per heavy atom. The Bertz CT molecular complexity index is 3140. The first-order chi connectivity index (χ1) is 29.2. The molecule has 0 aliphatic heterocycles. The highest BCUT2D eigenvalue weighted by Gasteiger charge is 2.20. The fourth-order valence-electron chi connectivity index (χ4n) is 7.75. The van der Waals surface area contributed by atoms with Gasteiger partial charge in [-0.2, -0.15) is 0 Å². The van der Waals surface area contributed by atoms with Crippen molar-refractivity contribution in [3.8, 4) is 72.7 Å². The number of nitrogens with zero attached hydrogens (tertiary/aromatic N) is 6. The lowest BCUT2D eigenvalue weighted by atomic mass is 9.92. The van der Waals surface area contributed by atoms with Crippen LogP contribution in [-0.2, 0) is 6.42 Å². The summed E-state index contributed by atoms with van der Waals surface area (Å²) in [7, 11) is 0. The van der Waals surface area contributed by atoms with E-state index >= 15 is 0 Å². The maximum Gasteiger partial charge on any atom is 0.164 e. The van der Waals surface area contributed by atoms with Crippen molar-refractivity contribution >= 4 is 38.3 Å². The van der Waals surface area contributed by atoms with Gasteiger partial charge in [0.05, 0.1) is 21.3 Å². The summed E-state index contributed by atoms with van der Waals surface area (Å²) in [5.41, 5.74) is 19.2. The number of para-hydroxylation sites is 3. The quantitative estimate of drug-likeness (QED) is 0.154. The number of anilines is 1. The van der Waals surface area contributed by atoms with Gasteiger partial charge in [0.2, 0.25) is 0 Å². The average Bonchev–Trinajstić information content (AvgIpc) is 3.87. The zero-order valence-corrected chi connectivity index (χ0v) is 34.4. The van der Waals surface area contributed by atoms with Crippen molar-refractivity contribution in [1.82, 2.24) is 29.5 Å². The van der Waals surface area contributed by atoms with Crippen molar-refractivity contribution in [2.24, 2.45) is 5.41 Å². The first kappa shape index (κ1) is 37.0. The number of nitrogens with two attached hydrogens (primary N) is 1. The highest BCUT2D eigenvalue weighted by molar-refractivity contribution is 7.21. The minimum Gasteiger partial charge on any atom is -0.399 e. The second-order valence-corrected chi connectivity index (χ2v) is 17.3. The molecule has 0 aliphatic rings. The Labute approximate surface area is 353 Å². The molecule has 0 aliphatic carbocycles. The number of hydrogen-bond donors (Lipinski definition) is 1. The first-order valence-corrected chi connectivity index (χ1v) is 20.9. The molecule has 7 aromatic carbocycles. The van der Waals surface area contributed by atoms with E-state index in [9.17, 15) is 0 Å². The summed E-state index contributed by atoms with van der Waals surface area (Å²) >= 11 is 1.69. The van der Waals surface area contributed by atoms with Gasteiger partial charge in [-0.25, -0.2) is 24.9 Å². The van der Waals surface area contributed by atoms with E-state index in [1.165, 1.54) is 0 Å². The van der Waals surface area contributed by atoms with Crippen molar-refractivity contribution < 1.29 is 0 Å². The van der Waals surface area contributed by atoms with Gasteiger partial charge in [-0.3, -0.25) is 4.57 Å². The Balaban J connectivity index is 1.02. The van der Waals surface area contributed by atoms with E-state index in [0.29, 0.717) is 23.2 Å². The summed E-state index contributed by atoms with van der Waals surface area (Å²) < 4.78 is 3.46. The van der Waals surface area contributed by atoms with E-state index in [1.807, 2.05) is 48.5 Å². The van der Waals surface area contributed by atoms with Gasteiger partial charge in [0, 0.05) is 40.0 Å². The Morgan fingerprint density at radius 1 is 0.483 bits per heavy atom. The van der Waals surface area contributed by atoms with Crippen LogP contribution in [0.1, 0.15) is 26.6 Å². The van der Waals surface area contributed by atoms with E-state index in [0.717, 1.165) is 88.7 Å². The molecule has 0 atom stereocenters. The topological polar surface area (TPSA) is 95.4 Å². The third-order valence-electron chi connectivity index (χ3n) is 10.6. The molecule has 0 saturated heterocycles. The summed E-state index contributed by atoms with van der Waals surface area (Å²) in [6.07, 6.45) is 0.867. The van der Waals surface area contributed by atoms with E-state index < -0.39 is 0 Å². The van der Waals surface area contributed by atoms with Crippen molar-refractivity contribution in [3.05, 3.63) is 176 Å². The molecule has 0 unspecified atom stereocenters. The lowest BCUT2D eigenvalue weighted by Crippen LogP contribution is -2.13. The molecule has 0 amide bonds. The van der Waals surface area contributed by atoms with Crippen LogP contribution < -0.4 is 5.73 Å². The summed E-state index contributed by atoms with van der Waals surface area (Å²) in [6.45, 7) is 6.77. The molecule has 0 bridgehead atoms.